The van der Waals surface area contributed by atoms with Gasteiger partial charge in [0.25, 0.3) is 0 Å². The Labute approximate surface area is 44.8 Å². The van der Waals surface area contributed by atoms with Gasteiger partial charge in [-0.05, 0) is 0 Å². The zero-order chi connectivity index (χ0) is 6.57. The van der Waals surface area contributed by atoms with Gasteiger partial charge in [-0.15, -0.1) is 0 Å². The van der Waals surface area contributed by atoms with E-state index >= 15 is 0 Å². The number of rotatable bonds is 1. The monoisotopic (exact) mass is 116 g/mol. The molecule has 0 spiro atoms. The van der Waals surface area contributed by atoms with Crippen molar-refractivity contribution < 1.29 is 14.7 Å². The number of hydrogen-bond donors (Lipinski definition) is 2. The fraction of sp³-hybridized carbons (Fsp3) is 0. The fourth-order valence-electron chi connectivity index (χ4n) is 0.112. The van der Waals surface area contributed by atoms with Crippen LogP contribution in [0.2, 0.25) is 0 Å². The Morgan fingerprint density at radius 1 is 1.75 bits per heavy atom. The second-order valence-corrected chi connectivity index (χ2v) is 0.925. The first-order chi connectivity index (χ1) is 3.68. The SMILES string of the molecule is NC(=NC=O)C(=O)O. The summed E-state index contributed by atoms with van der Waals surface area (Å²) in [5, 5.41) is 7.90. The van der Waals surface area contributed by atoms with E-state index in [1.165, 1.54) is 0 Å². The van der Waals surface area contributed by atoms with Crippen molar-refractivity contribution in [1.82, 2.24) is 0 Å². The van der Waals surface area contributed by atoms with Gasteiger partial charge in [-0.1, -0.05) is 0 Å². The van der Waals surface area contributed by atoms with Crippen LogP contribution in [-0.2, 0) is 9.59 Å². The Kier molecular flexibility index (Phi) is 2.25. The van der Waals surface area contributed by atoms with Crippen molar-refractivity contribution in [3.05, 3.63) is 0 Å². The third-order valence-corrected chi connectivity index (χ3v) is 0.411. The summed E-state index contributed by atoms with van der Waals surface area (Å²) in [6, 6.07) is 0. The molecular formula is C3H4N2O3. The van der Waals surface area contributed by atoms with E-state index in [2.05, 4.69) is 10.7 Å². The van der Waals surface area contributed by atoms with Gasteiger partial charge in [0.1, 0.15) is 0 Å². The Morgan fingerprint density at radius 2 is 2.25 bits per heavy atom. The highest BCUT2D eigenvalue weighted by Crippen LogP contribution is 1.63. The van der Waals surface area contributed by atoms with Gasteiger partial charge in [0.15, 0.2) is 0 Å². The summed E-state index contributed by atoms with van der Waals surface area (Å²) in [6.07, 6.45) is 0.0729. The Morgan fingerprint density at radius 3 is 2.38 bits per heavy atom. The minimum absolute atomic E-state index is 0.0729. The van der Waals surface area contributed by atoms with Crippen LogP contribution >= 0.6 is 0 Å². The van der Waals surface area contributed by atoms with Gasteiger partial charge in [0, 0.05) is 0 Å². The van der Waals surface area contributed by atoms with Crippen molar-refractivity contribution in [3.63, 3.8) is 0 Å². The van der Waals surface area contributed by atoms with Crippen LogP contribution in [-0.4, -0.2) is 23.3 Å². The van der Waals surface area contributed by atoms with E-state index in [1.807, 2.05) is 0 Å². The molecule has 0 aliphatic heterocycles. The van der Waals surface area contributed by atoms with Crippen LogP contribution in [0.15, 0.2) is 4.99 Å². The summed E-state index contributed by atoms with van der Waals surface area (Å²) in [5.41, 5.74) is 4.65. The number of nitrogens with two attached hydrogens (primary N) is 1. The molecule has 1 amide bonds. The van der Waals surface area contributed by atoms with E-state index in [9.17, 15) is 9.59 Å². The maximum atomic E-state index is 9.67. The van der Waals surface area contributed by atoms with Crippen molar-refractivity contribution in [2.75, 3.05) is 0 Å². The van der Waals surface area contributed by atoms with Crippen molar-refractivity contribution in [2.24, 2.45) is 10.7 Å². The van der Waals surface area contributed by atoms with E-state index < -0.39 is 11.8 Å². The topological polar surface area (TPSA) is 92.8 Å². The van der Waals surface area contributed by atoms with E-state index in [1.54, 1.807) is 0 Å². The van der Waals surface area contributed by atoms with Gasteiger partial charge in [-0.25, -0.2) is 4.79 Å². The standard InChI is InChI=1S/C3H4N2O3/c4-2(3(7)8)5-1-6/h1H,(H,7,8)(H2,4,5,6). The van der Waals surface area contributed by atoms with Crippen LogP contribution in [0, 0.1) is 0 Å². The van der Waals surface area contributed by atoms with E-state index in [4.69, 9.17) is 5.11 Å². The highest BCUT2D eigenvalue weighted by molar-refractivity contribution is 6.34. The second-order valence-electron chi connectivity index (χ2n) is 0.925. The lowest BCUT2D eigenvalue weighted by Crippen LogP contribution is -2.22. The lowest BCUT2D eigenvalue weighted by Gasteiger charge is -1.83. The van der Waals surface area contributed by atoms with E-state index in [-0.39, 0.29) is 6.41 Å². The van der Waals surface area contributed by atoms with Gasteiger partial charge < -0.3 is 10.8 Å². The number of aliphatic carboxylic acids is 1. The number of carboxylic acids is 1. The van der Waals surface area contributed by atoms with Crippen molar-refractivity contribution >= 4 is 18.2 Å². The molecule has 0 fully saturated rings. The highest BCUT2D eigenvalue weighted by atomic mass is 16.4. The molecule has 0 atom stereocenters. The first kappa shape index (κ1) is 6.61. The predicted octanol–water partition coefficient (Wildman–Crippen LogP) is -1.42. The molecule has 0 bridgehead atoms. The molecule has 0 saturated heterocycles. The van der Waals surface area contributed by atoms with Crippen LogP contribution < -0.4 is 5.73 Å². The lowest BCUT2D eigenvalue weighted by molar-refractivity contribution is -0.129. The Hall–Kier alpha value is -1.39. The zero-order valence-electron chi connectivity index (χ0n) is 3.87. The molecule has 3 N–H and O–H groups in total. The number of hydrogen-bond acceptors (Lipinski definition) is 2. The summed E-state index contributed by atoms with van der Waals surface area (Å²) in [7, 11) is 0. The van der Waals surface area contributed by atoms with Crippen molar-refractivity contribution in [2.45, 2.75) is 0 Å². The summed E-state index contributed by atoms with van der Waals surface area (Å²) < 4.78 is 0. The third-order valence-electron chi connectivity index (χ3n) is 0.411. The predicted molar refractivity (Wildman–Crippen MR) is 25.3 cm³/mol. The van der Waals surface area contributed by atoms with Gasteiger partial charge in [-0.3, -0.25) is 4.79 Å². The molecule has 5 nitrogen and oxygen atoms in total. The first-order valence-electron chi connectivity index (χ1n) is 1.68. The number of nitrogens with zero attached hydrogens (tertiary/aromatic N) is 1. The largest absolute Gasteiger partial charge is 0.475 e. The van der Waals surface area contributed by atoms with Gasteiger partial charge in [-0.2, -0.15) is 4.99 Å². The van der Waals surface area contributed by atoms with Crippen LogP contribution in [0.1, 0.15) is 0 Å². The Bertz CT molecular complexity index is 139. The summed E-state index contributed by atoms with van der Waals surface area (Å²) >= 11 is 0. The number of carboxylic acid groups (broad SMARTS) is 1. The molecule has 8 heavy (non-hydrogen) atoms. The zero-order valence-corrected chi connectivity index (χ0v) is 3.87. The van der Waals surface area contributed by atoms with Gasteiger partial charge in [0.05, 0.1) is 0 Å². The van der Waals surface area contributed by atoms with Crippen LogP contribution in [0.3, 0.4) is 0 Å². The maximum absolute atomic E-state index is 9.67. The number of amides is 1. The quantitative estimate of drug-likeness (QED) is 0.250. The van der Waals surface area contributed by atoms with E-state index in [0.717, 1.165) is 0 Å². The molecule has 0 radical (unpaired) electrons. The summed E-state index contributed by atoms with van der Waals surface area (Å²) in [4.78, 5) is 21.8. The summed E-state index contributed by atoms with van der Waals surface area (Å²) in [6.45, 7) is 0. The molecule has 0 saturated carbocycles. The number of aliphatic imine (C=N–C) groups is 1. The maximum Gasteiger partial charge on any atom is 0.371 e. The number of carbonyl (C=O) groups excluding carboxylic acids is 1. The van der Waals surface area contributed by atoms with Gasteiger partial charge in [0.2, 0.25) is 12.2 Å². The molecule has 0 aliphatic rings. The average Bonchev–Trinajstić information content (AvgIpc) is 1.67. The van der Waals surface area contributed by atoms with E-state index in [0.29, 0.717) is 0 Å². The molecule has 0 aromatic heterocycles. The smallest absolute Gasteiger partial charge is 0.371 e. The molecule has 0 unspecified atom stereocenters. The average molecular weight is 116 g/mol. The highest BCUT2D eigenvalue weighted by Gasteiger charge is 1.99. The van der Waals surface area contributed by atoms with Crippen LogP contribution in [0.5, 0.6) is 0 Å². The fourth-order valence-corrected chi connectivity index (χ4v) is 0.112. The molecule has 0 aliphatic carbocycles. The normalized spacial score (nSPS) is 10.8. The number of amidine groups is 1. The van der Waals surface area contributed by atoms with Crippen molar-refractivity contribution in [1.29, 1.82) is 0 Å². The molecule has 44 valence electrons. The molecule has 0 rings (SSSR count). The minimum atomic E-state index is -1.39. The van der Waals surface area contributed by atoms with Crippen LogP contribution in [0.4, 0.5) is 0 Å². The second kappa shape index (κ2) is 2.73. The summed E-state index contributed by atoms with van der Waals surface area (Å²) in [5.74, 6) is -2.09. The molecule has 0 heterocycles. The Balaban J connectivity index is 3.99. The minimum Gasteiger partial charge on any atom is -0.475 e. The van der Waals surface area contributed by atoms with Gasteiger partial charge >= 0.3 is 5.97 Å². The third kappa shape index (κ3) is 1.91. The molecule has 0 aromatic carbocycles. The molecule has 0 aromatic rings. The van der Waals surface area contributed by atoms with Crippen LogP contribution in [0.25, 0.3) is 0 Å². The molecular weight excluding hydrogens is 112 g/mol. The number of carbonyl (C=O) groups is 2. The first-order valence-corrected chi connectivity index (χ1v) is 1.68. The lowest BCUT2D eigenvalue weighted by atomic mass is 10.6. The molecule has 5 heteroatoms. The van der Waals surface area contributed by atoms with Crippen molar-refractivity contribution in [3.8, 4) is 0 Å².